The normalized spacial score (nSPS) is 12.7. The smallest absolute Gasteiger partial charge is 0.407 e. The number of nitrogens with one attached hydrogen (secondary N) is 1. The number of hydrogen-bond acceptors (Lipinski definition) is 7. The lowest BCUT2D eigenvalue weighted by molar-refractivity contribution is -0.147. The second-order valence-corrected chi connectivity index (χ2v) is 12.3. The number of rotatable bonds is 13. The predicted octanol–water partition coefficient (Wildman–Crippen LogP) is 6.91. The first-order valence-corrected chi connectivity index (χ1v) is 15.6. The van der Waals surface area contributed by atoms with Crippen LogP contribution in [0.2, 0.25) is 0 Å². The number of carboxylic acid groups (broad SMARTS) is 1. The summed E-state index contributed by atoms with van der Waals surface area (Å²) in [7, 11) is 0. The molecule has 0 aromatic heterocycles. The second-order valence-electron chi connectivity index (χ2n) is 12.3. The molecule has 0 bridgehead atoms. The van der Waals surface area contributed by atoms with E-state index in [1.165, 1.54) is 0 Å². The van der Waals surface area contributed by atoms with Crippen molar-refractivity contribution in [2.45, 2.75) is 57.8 Å². The van der Waals surface area contributed by atoms with E-state index in [9.17, 15) is 14.4 Å². The molecule has 1 aliphatic carbocycles. The van der Waals surface area contributed by atoms with Crippen molar-refractivity contribution in [3.05, 3.63) is 119 Å². The van der Waals surface area contributed by atoms with Crippen LogP contribution in [-0.4, -0.2) is 48.0 Å². The number of carbonyl (C=O) groups excluding carboxylic acids is 2. The molecule has 244 valence electrons. The van der Waals surface area contributed by atoms with Crippen molar-refractivity contribution in [2.75, 3.05) is 13.2 Å². The molecule has 1 amide bonds. The van der Waals surface area contributed by atoms with Gasteiger partial charge in [0.1, 0.15) is 36.4 Å². The minimum atomic E-state index is -1.02. The Kier molecular flexibility index (Phi) is 10.5. The maximum absolute atomic E-state index is 13.4. The first kappa shape index (κ1) is 33.1. The monoisotopic (exact) mass is 637 g/mol. The van der Waals surface area contributed by atoms with E-state index in [1.54, 1.807) is 24.3 Å². The topological polar surface area (TPSA) is 120 Å². The number of alkyl carbamates (subject to hydrolysis) is 1. The van der Waals surface area contributed by atoms with E-state index in [4.69, 9.17) is 24.1 Å². The van der Waals surface area contributed by atoms with Crippen molar-refractivity contribution in [3.8, 4) is 22.6 Å². The summed E-state index contributed by atoms with van der Waals surface area (Å²) < 4.78 is 22.7. The van der Waals surface area contributed by atoms with Crippen LogP contribution in [0.15, 0.2) is 97.1 Å². The third-order valence-electron chi connectivity index (χ3n) is 7.60. The van der Waals surface area contributed by atoms with Gasteiger partial charge in [-0.25, -0.2) is 9.59 Å². The van der Waals surface area contributed by atoms with Crippen LogP contribution in [0.25, 0.3) is 11.1 Å². The van der Waals surface area contributed by atoms with Crippen molar-refractivity contribution in [3.63, 3.8) is 0 Å². The fourth-order valence-corrected chi connectivity index (χ4v) is 5.45. The molecule has 4 aromatic carbocycles. The van der Waals surface area contributed by atoms with Gasteiger partial charge in [0.15, 0.2) is 0 Å². The van der Waals surface area contributed by atoms with Gasteiger partial charge in [-0.05, 0) is 78.4 Å². The second kappa shape index (κ2) is 14.9. The van der Waals surface area contributed by atoms with Gasteiger partial charge in [0.05, 0.1) is 13.0 Å². The third kappa shape index (κ3) is 9.13. The first-order valence-electron chi connectivity index (χ1n) is 15.6. The molecule has 0 heterocycles. The van der Waals surface area contributed by atoms with Crippen LogP contribution in [0.3, 0.4) is 0 Å². The van der Waals surface area contributed by atoms with Gasteiger partial charge in [-0.3, -0.25) is 4.79 Å². The lowest BCUT2D eigenvalue weighted by Crippen LogP contribution is -2.43. The molecular weight excluding hydrogens is 598 g/mol. The van der Waals surface area contributed by atoms with Gasteiger partial charge in [-0.15, -0.1) is 0 Å². The number of fused-ring (bicyclic) bond motifs is 3. The lowest BCUT2D eigenvalue weighted by Gasteiger charge is -2.22. The minimum absolute atomic E-state index is 0.0323. The van der Waals surface area contributed by atoms with E-state index < -0.39 is 24.1 Å². The van der Waals surface area contributed by atoms with Gasteiger partial charge in [0.2, 0.25) is 0 Å². The number of aliphatic carboxylic acids is 1. The van der Waals surface area contributed by atoms with E-state index in [0.717, 1.165) is 27.8 Å². The quantitative estimate of drug-likeness (QED) is 0.152. The summed E-state index contributed by atoms with van der Waals surface area (Å²) in [5, 5.41) is 11.5. The van der Waals surface area contributed by atoms with Crippen molar-refractivity contribution in [2.24, 2.45) is 0 Å². The molecule has 4 aromatic rings. The number of carboxylic acids is 1. The maximum Gasteiger partial charge on any atom is 0.407 e. The zero-order chi connectivity index (χ0) is 33.4. The van der Waals surface area contributed by atoms with Crippen LogP contribution in [0.4, 0.5) is 4.79 Å². The molecule has 0 unspecified atom stereocenters. The van der Waals surface area contributed by atoms with Crippen molar-refractivity contribution in [1.29, 1.82) is 0 Å². The summed E-state index contributed by atoms with van der Waals surface area (Å²) in [5.74, 6) is -0.473. The fourth-order valence-electron chi connectivity index (χ4n) is 5.45. The molecule has 0 aliphatic heterocycles. The SMILES string of the molecule is CC(C)(C)Oc1ccc(C[C@H](NC(=O)OCC2c3ccccc3-c3ccccc32)C(=O)OCc2ccc(OCCC(=O)O)cc2)cc1. The Balaban J connectivity index is 1.24. The van der Waals surface area contributed by atoms with E-state index in [-0.39, 0.29) is 44.2 Å². The highest BCUT2D eigenvalue weighted by Gasteiger charge is 2.30. The number of hydrogen-bond donors (Lipinski definition) is 2. The molecule has 9 nitrogen and oxygen atoms in total. The Morgan fingerprint density at radius 3 is 1.94 bits per heavy atom. The zero-order valence-electron chi connectivity index (χ0n) is 26.7. The molecule has 2 N–H and O–H groups in total. The molecule has 0 fully saturated rings. The summed E-state index contributed by atoms with van der Waals surface area (Å²) in [6.45, 7) is 6.02. The van der Waals surface area contributed by atoms with Crippen LogP contribution in [0.1, 0.15) is 55.4 Å². The summed E-state index contributed by atoms with van der Waals surface area (Å²) in [4.78, 5) is 37.3. The highest BCUT2D eigenvalue weighted by Crippen LogP contribution is 2.44. The van der Waals surface area contributed by atoms with Crippen LogP contribution in [-0.2, 0) is 32.1 Å². The number of benzene rings is 4. The van der Waals surface area contributed by atoms with Crippen LogP contribution >= 0.6 is 0 Å². The Labute approximate surface area is 274 Å². The van der Waals surface area contributed by atoms with Crippen LogP contribution in [0, 0.1) is 0 Å². The molecule has 0 saturated carbocycles. The molecule has 1 atom stereocenters. The molecule has 47 heavy (non-hydrogen) atoms. The molecule has 0 radical (unpaired) electrons. The van der Waals surface area contributed by atoms with Crippen molar-refractivity contribution < 1.29 is 38.4 Å². The lowest BCUT2D eigenvalue weighted by atomic mass is 9.98. The molecule has 9 heteroatoms. The molecular formula is C38H39NO8. The summed E-state index contributed by atoms with van der Waals surface area (Å²) in [6.07, 6.45) is -0.650. The van der Waals surface area contributed by atoms with Crippen LogP contribution in [0.5, 0.6) is 11.5 Å². The van der Waals surface area contributed by atoms with Crippen molar-refractivity contribution in [1.82, 2.24) is 5.32 Å². The Bertz CT molecular complexity index is 1650. The van der Waals surface area contributed by atoms with Gasteiger partial charge in [-0.1, -0.05) is 72.8 Å². The Morgan fingerprint density at radius 2 is 1.34 bits per heavy atom. The molecule has 0 saturated heterocycles. The predicted molar refractivity (Wildman–Crippen MR) is 177 cm³/mol. The maximum atomic E-state index is 13.4. The molecule has 5 rings (SSSR count). The molecule has 1 aliphatic rings. The zero-order valence-corrected chi connectivity index (χ0v) is 26.7. The van der Waals surface area contributed by atoms with Gasteiger partial charge < -0.3 is 29.4 Å². The summed E-state index contributed by atoms with van der Waals surface area (Å²) in [5.41, 5.74) is 5.57. The fraction of sp³-hybridized carbons (Fsp3) is 0.289. The average molecular weight is 638 g/mol. The van der Waals surface area contributed by atoms with Crippen molar-refractivity contribution >= 4 is 18.0 Å². The van der Waals surface area contributed by atoms with Gasteiger partial charge in [0, 0.05) is 12.3 Å². The van der Waals surface area contributed by atoms with E-state index in [0.29, 0.717) is 17.1 Å². The number of amides is 1. The van der Waals surface area contributed by atoms with E-state index in [2.05, 4.69) is 17.4 Å². The minimum Gasteiger partial charge on any atom is -0.493 e. The summed E-state index contributed by atoms with van der Waals surface area (Å²) in [6, 6.07) is 29.3. The van der Waals surface area contributed by atoms with Gasteiger partial charge in [-0.2, -0.15) is 0 Å². The number of ether oxygens (including phenoxy) is 4. The largest absolute Gasteiger partial charge is 0.493 e. The summed E-state index contributed by atoms with van der Waals surface area (Å²) >= 11 is 0. The molecule has 0 spiro atoms. The number of esters is 1. The van der Waals surface area contributed by atoms with Gasteiger partial charge in [0.25, 0.3) is 0 Å². The Hall–Kier alpha value is -5.31. The standard InChI is InChI=1S/C38H39NO8/c1-38(2,3)47-28-18-12-25(13-19-28)22-34(36(42)45-23-26-14-16-27(17-15-26)44-21-20-35(40)41)39-37(43)46-24-33-31-10-6-4-8-29(31)30-9-5-7-11-32(30)33/h4-19,33-34H,20-24H2,1-3H3,(H,39,43)(H,40,41)/t34-/m0/s1. The van der Waals surface area contributed by atoms with E-state index in [1.807, 2.05) is 81.4 Å². The third-order valence-corrected chi connectivity index (χ3v) is 7.60. The number of carbonyl (C=O) groups is 3. The first-order chi connectivity index (χ1) is 22.6. The average Bonchev–Trinajstić information content (AvgIpc) is 3.36. The highest BCUT2D eigenvalue weighted by atomic mass is 16.6. The highest BCUT2D eigenvalue weighted by molar-refractivity contribution is 5.82. The van der Waals surface area contributed by atoms with Gasteiger partial charge >= 0.3 is 18.0 Å². The Morgan fingerprint density at radius 1 is 0.766 bits per heavy atom. The van der Waals surface area contributed by atoms with Crippen LogP contribution < -0.4 is 14.8 Å². The van der Waals surface area contributed by atoms with E-state index >= 15 is 0 Å².